The minimum Gasteiger partial charge on any atom is -0.394 e. The molecule has 0 spiro atoms. The quantitative estimate of drug-likeness (QED) is 0.735. The second kappa shape index (κ2) is 7.52. The van der Waals surface area contributed by atoms with E-state index in [4.69, 9.17) is 5.73 Å². The van der Waals surface area contributed by atoms with Crippen LogP contribution in [0.1, 0.15) is 21.6 Å². The number of pyridine rings is 1. The molecule has 0 unspecified atom stereocenters. The molecule has 1 aromatic heterocycles. The van der Waals surface area contributed by atoms with Crippen LogP contribution >= 0.6 is 0 Å². The van der Waals surface area contributed by atoms with Crippen molar-refractivity contribution in [1.29, 1.82) is 0 Å². The molecule has 2 aromatic rings. The Hall–Kier alpha value is -2.24. The summed E-state index contributed by atoms with van der Waals surface area (Å²) in [5, 5.41) is 12.3. The van der Waals surface area contributed by atoms with E-state index < -0.39 is 0 Å². The second-order valence-corrected chi connectivity index (χ2v) is 4.78. The summed E-state index contributed by atoms with van der Waals surface area (Å²) >= 11 is 0. The molecule has 1 aromatic carbocycles. The average Bonchev–Trinajstić information content (AvgIpc) is 2.55. The Morgan fingerprint density at radius 1 is 1.29 bits per heavy atom. The summed E-state index contributed by atoms with van der Waals surface area (Å²) in [7, 11) is 0. The number of aliphatic hydroxyl groups excluding tert-OH is 1. The summed E-state index contributed by atoms with van der Waals surface area (Å²) in [6.45, 7) is 0.171. The molecule has 4 N–H and O–H groups in total. The third kappa shape index (κ3) is 4.37. The first-order chi connectivity index (χ1) is 10.2. The van der Waals surface area contributed by atoms with Crippen LogP contribution in [0.15, 0.2) is 48.7 Å². The van der Waals surface area contributed by atoms with E-state index in [1.165, 1.54) is 0 Å². The van der Waals surface area contributed by atoms with E-state index in [0.29, 0.717) is 17.7 Å². The van der Waals surface area contributed by atoms with E-state index in [1.54, 1.807) is 18.3 Å². The third-order valence-electron chi connectivity index (χ3n) is 3.17. The van der Waals surface area contributed by atoms with E-state index in [2.05, 4.69) is 10.3 Å². The third-order valence-corrected chi connectivity index (χ3v) is 3.17. The van der Waals surface area contributed by atoms with Gasteiger partial charge in [-0.25, -0.2) is 0 Å². The van der Waals surface area contributed by atoms with Gasteiger partial charge in [-0.15, -0.1) is 0 Å². The summed E-state index contributed by atoms with van der Waals surface area (Å²) in [5.41, 5.74) is 7.73. The van der Waals surface area contributed by atoms with Gasteiger partial charge in [-0.05, 0) is 24.1 Å². The highest BCUT2D eigenvalue weighted by Gasteiger charge is 2.14. The van der Waals surface area contributed by atoms with Gasteiger partial charge in [0.05, 0.1) is 18.3 Å². The van der Waals surface area contributed by atoms with Crippen molar-refractivity contribution in [3.05, 3.63) is 65.5 Å². The molecule has 0 aliphatic heterocycles. The molecule has 2 rings (SSSR count). The predicted molar refractivity (Wildman–Crippen MR) is 80.6 cm³/mol. The summed E-state index contributed by atoms with van der Waals surface area (Å²) in [5.74, 6) is -0.234. The Morgan fingerprint density at radius 2 is 2.05 bits per heavy atom. The fourth-order valence-electron chi connectivity index (χ4n) is 2.06. The number of hydrogen-bond acceptors (Lipinski definition) is 4. The van der Waals surface area contributed by atoms with Crippen LogP contribution in [-0.4, -0.2) is 28.6 Å². The number of carbonyl (C=O) groups excluding carboxylic acids is 1. The van der Waals surface area contributed by atoms with Crippen LogP contribution in [0.3, 0.4) is 0 Å². The first kappa shape index (κ1) is 15.2. The van der Waals surface area contributed by atoms with E-state index in [1.807, 2.05) is 30.3 Å². The van der Waals surface area contributed by atoms with Gasteiger partial charge in [0.15, 0.2) is 0 Å². The summed E-state index contributed by atoms with van der Waals surface area (Å²) < 4.78 is 0. The molecule has 21 heavy (non-hydrogen) atoms. The van der Waals surface area contributed by atoms with Crippen molar-refractivity contribution in [2.45, 2.75) is 19.0 Å². The number of rotatable bonds is 6. The topological polar surface area (TPSA) is 88.2 Å². The molecule has 0 aliphatic rings. The number of aromatic nitrogens is 1. The van der Waals surface area contributed by atoms with Gasteiger partial charge in [-0.3, -0.25) is 9.78 Å². The van der Waals surface area contributed by atoms with Crippen molar-refractivity contribution in [3.63, 3.8) is 0 Å². The molecular weight excluding hydrogens is 266 g/mol. The molecule has 1 atom stereocenters. The first-order valence-electron chi connectivity index (χ1n) is 6.83. The summed E-state index contributed by atoms with van der Waals surface area (Å²) in [4.78, 5) is 16.2. The van der Waals surface area contributed by atoms with Crippen molar-refractivity contribution in [3.8, 4) is 0 Å². The lowest BCUT2D eigenvalue weighted by atomic mass is 10.1. The van der Waals surface area contributed by atoms with Crippen LogP contribution in [0.4, 0.5) is 0 Å². The minimum atomic E-state index is -0.325. The van der Waals surface area contributed by atoms with E-state index >= 15 is 0 Å². The molecule has 5 nitrogen and oxygen atoms in total. The SMILES string of the molecule is NCc1cc(C(=O)N[C@H](CO)Cc2ccccc2)ccn1. The van der Waals surface area contributed by atoms with Crippen LogP contribution in [-0.2, 0) is 13.0 Å². The molecule has 1 heterocycles. The Balaban J connectivity index is 2.02. The predicted octanol–water partition coefficient (Wildman–Crippen LogP) is 0.874. The van der Waals surface area contributed by atoms with Crippen molar-refractivity contribution >= 4 is 5.91 Å². The summed E-state index contributed by atoms with van der Waals surface area (Å²) in [6.07, 6.45) is 2.14. The van der Waals surface area contributed by atoms with Crippen LogP contribution in [0.5, 0.6) is 0 Å². The van der Waals surface area contributed by atoms with E-state index in [9.17, 15) is 9.90 Å². The zero-order valence-electron chi connectivity index (χ0n) is 11.7. The maximum absolute atomic E-state index is 12.2. The van der Waals surface area contributed by atoms with Gasteiger partial charge >= 0.3 is 0 Å². The molecular formula is C16H19N3O2. The lowest BCUT2D eigenvalue weighted by Crippen LogP contribution is -2.39. The maximum atomic E-state index is 12.2. The molecule has 110 valence electrons. The van der Waals surface area contributed by atoms with Gasteiger partial charge in [0, 0.05) is 18.3 Å². The fraction of sp³-hybridized carbons (Fsp3) is 0.250. The Morgan fingerprint density at radius 3 is 2.71 bits per heavy atom. The Bertz CT molecular complexity index is 587. The highest BCUT2D eigenvalue weighted by atomic mass is 16.3. The maximum Gasteiger partial charge on any atom is 0.251 e. The zero-order chi connectivity index (χ0) is 15.1. The van der Waals surface area contributed by atoms with Crippen LogP contribution in [0.25, 0.3) is 0 Å². The number of hydrogen-bond donors (Lipinski definition) is 3. The highest BCUT2D eigenvalue weighted by molar-refractivity contribution is 5.94. The average molecular weight is 285 g/mol. The molecule has 1 amide bonds. The highest BCUT2D eigenvalue weighted by Crippen LogP contribution is 2.05. The molecule has 0 aliphatic carbocycles. The number of carbonyl (C=O) groups is 1. The largest absolute Gasteiger partial charge is 0.394 e. The summed E-state index contributed by atoms with van der Waals surface area (Å²) in [6, 6.07) is 12.7. The first-order valence-corrected chi connectivity index (χ1v) is 6.83. The smallest absolute Gasteiger partial charge is 0.251 e. The standard InChI is InChI=1S/C16H19N3O2/c17-10-14-9-13(6-7-18-14)16(21)19-15(11-20)8-12-4-2-1-3-5-12/h1-7,9,15,20H,8,10-11,17H2,(H,19,21)/t15-/m0/s1. The van der Waals surface area contributed by atoms with Gasteiger partial charge in [0.2, 0.25) is 0 Å². The number of benzene rings is 1. The van der Waals surface area contributed by atoms with Crippen LogP contribution < -0.4 is 11.1 Å². The van der Waals surface area contributed by atoms with Gasteiger partial charge in [0.25, 0.3) is 5.91 Å². The van der Waals surface area contributed by atoms with E-state index in [-0.39, 0.29) is 25.1 Å². The number of nitrogens with two attached hydrogens (primary N) is 1. The van der Waals surface area contributed by atoms with Crippen molar-refractivity contribution in [1.82, 2.24) is 10.3 Å². The Labute approximate surface area is 123 Å². The van der Waals surface area contributed by atoms with Gasteiger partial charge in [0.1, 0.15) is 0 Å². The number of aliphatic hydroxyl groups is 1. The molecule has 0 saturated carbocycles. The number of amides is 1. The molecule has 0 bridgehead atoms. The van der Waals surface area contributed by atoms with Gasteiger partial charge < -0.3 is 16.2 Å². The monoisotopic (exact) mass is 285 g/mol. The fourth-order valence-corrected chi connectivity index (χ4v) is 2.06. The number of nitrogens with zero attached hydrogens (tertiary/aromatic N) is 1. The lowest BCUT2D eigenvalue weighted by molar-refractivity contribution is 0.0916. The normalized spacial score (nSPS) is 11.9. The van der Waals surface area contributed by atoms with Crippen molar-refractivity contribution < 1.29 is 9.90 Å². The Kier molecular flexibility index (Phi) is 5.43. The van der Waals surface area contributed by atoms with Gasteiger partial charge in [-0.1, -0.05) is 30.3 Å². The van der Waals surface area contributed by atoms with Crippen LogP contribution in [0.2, 0.25) is 0 Å². The second-order valence-electron chi connectivity index (χ2n) is 4.78. The van der Waals surface area contributed by atoms with Crippen LogP contribution in [0, 0.1) is 0 Å². The molecule has 5 heteroatoms. The molecule has 0 fully saturated rings. The van der Waals surface area contributed by atoms with Crippen molar-refractivity contribution in [2.24, 2.45) is 5.73 Å². The zero-order valence-corrected chi connectivity index (χ0v) is 11.7. The number of nitrogens with one attached hydrogen (secondary N) is 1. The molecule has 0 saturated heterocycles. The minimum absolute atomic E-state index is 0.116. The van der Waals surface area contributed by atoms with Crippen molar-refractivity contribution in [2.75, 3.05) is 6.61 Å². The van der Waals surface area contributed by atoms with Gasteiger partial charge in [-0.2, -0.15) is 0 Å². The molecule has 0 radical (unpaired) electrons. The van der Waals surface area contributed by atoms with E-state index in [0.717, 1.165) is 5.56 Å². The lowest BCUT2D eigenvalue weighted by Gasteiger charge is -2.16.